The fourth-order valence-electron chi connectivity index (χ4n) is 4.75. The SMILES string of the molecule is CC(C(=O)Nc1ccc(N2CCCC2=O)cc1)N1CCC2(CCOCC2)CC1. The zero-order valence-electron chi connectivity index (χ0n) is 16.8. The van der Waals surface area contributed by atoms with Crippen molar-refractivity contribution in [2.45, 2.75) is 51.5 Å². The molecule has 2 amide bonds. The Morgan fingerprint density at radius 1 is 1.07 bits per heavy atom. The van der Waals surface area contributed by atoms with E-state index in [1.807, 2.05) is 36.1 Å². The third kappa shape index (κ3) is 4.08. The van der Waals surface area contributed by atoms with Crippen LogP contribution in [0.2, 0.25) is 0 Å². The lowest BCUT2D eigenvalue weighted by Gasteiger charge is -2.45. The van der Waals surface area contributed by atoms with E-state index in [-0.39, 0.29) is 17.9 Å². The summed E-state index contributed by atoms with van der Waals surface area (Å²) < 4.78 is 5.52. The molecule has 1 aromatic carbocycles. The van der Waals surface area contributed by atoms with Crippen LogP contribution in [0.5, 0.6) is 0 Å². The van der Waals surface area contributed by atoms with Crippen LogP contribution in [0.1, 0.15) is 45.4 Å². The van der Waals surface area contributed by atoms with Crippen molar-refractivity contribution in [2.24, 2.45) is 5.41 Å². The first-order chi connectivity index (χ1) is 13.6. The minimum atomic E-state index is -0.142. The number of anilines is 2. The molecular weight excluding hydrogens is 354 g/mol. The van der Waals surface area contributed by atoms with Crippen molar-refractivity contribution in [3.8, 4) is 0 Å². The van der Waals surface area contributed by atoms with Gasteiger partial charge in [-0.2, -0.15) is 0 Å². The standard InChI is InChI=1S/C22H31N3O3/c1-17(24-13-8-22(9-14-24)10-15-28-16-11-22)21(27)23-18-4-6-19(7-5-18)25-12-2-3-20(25)26/h4-7,17H,2-3,8-16H2,1H3,(H,23,27). The lowest BCUT2D eigenvalue weighted by atomic mass is 9.72. The van der Waals surface area contributed by atoms with Crippen LogP contribution in [-0.2, 0) is 14.3 Å². The van der Waals surface area contributed by atoms with Crippen LogP contribution in [0, 0.1) is 5.41 Å². The van der Waals surface area contributed by atoms with Crippen LogP contribution in [0.25, 0.3) is 0 Å². The second-order valence-corrected chi connectivity index (χ2v) is 8.51. The van der Waals surface area contributed by atoms with Gasteiger partial charge in [0.25, 0.3) is 0 Å². The molecule has 1 aromatic rings. The molecule has 0 saturated carbocycles. The second kappa shape index (κ2) is 8.21. The predicted molar refractivity (Wildman–Crippen MR) is 109 cm³/mol. The maximum absolute atomic E-state index is 12.7. The highest BCUT2D eigenvalue weighted by Gasteiger charge is 2.38. The smallest absolute Gasteiger partial charge is 0.241 e. The number of likely N-dealkylation sites (tertiary alicyclic amines) is 1. The molecule has 3 fully saturated rings. The molecule has 6 nitrogen and oxygen atoms in total. The highest BCUT2D eigenvalue weighted by atomic mass is 16.5. The monoisotopic (exact) mass is 385 g/mol. The third-order valence-corrected chi connectivity index (χ3v) is 6.86. The number of nitrogens with zero attached hydrogens (tertiary/aromatic N) is 2. The first-order valence-electron chi connectivity index (χ1n) is 10.6. The maximum atomic E-state index is 12.7. The first-order valence-corrected chi connectivity index (χ1v) is 10.6. The molecule has 0 aliphatic carbocycles. The summed E-state index contributed by atoms with van der Waals surface area (Å²) in [7, 11) is 0. The van der Waals surface area contributed by atoms with E-state index in [0.29, 0.717) is 11.8 Å². The van der Waals surface area contributed by atoms with Crippen LogP contribution in [0.3, 0.4) is 0 Å². The van der Waals surface area contributed by atoms with Crippen LogP contribution >= 0.6 is 0 Å². The number of rotatable bonds is 4. The van der Waals surface area contributed by atoms with Gasteiger partial charge >= 0.3 is 0 Å². The predicted octanol–water partition coefficient (Wildman–Crippen LogP) is 3.03. The first kappa shape index (κ1) is 19.4. The van der Waals surface area contributed by atoms with Crippen LogP contribution in [0.15, 0.2) is 24.3 Å². The van der Waals surface area contributed by atoms with Gasteiger partial charge in [-0.3, -0.25) is 14.5 Å². The highest BCUT2D eigenvalue weighted by Crippen LogP contribution is 2.41. The highest BCUT2D eigenvalue weighted by molar-refractivity contribution is 5.97. The summed E-state index contributed by atoms with van der Waals surface area (Å²) >= 11 is 0. The average Bonchev–Trinajstić information content (AvgIpc) is 3.15. The number of amides is 2. The molecule has 3 heterocycles. The maximum Gasteiger partial charge on any atom is 0.241 e. The summed E-state index contributed by atoms with van der Waals surface area (Å²) in [5, 5.41) is 3.03. The van der Waals surface area contributed by atoms with Gasteiger partial charge in [-0.15, -0.1) is 0 Å². The molecule has 0 radical (unpaired) electrons. The number of carbonyl (C=O) groups is 2. The number of nitrogens with one attached hydrogen (secondary N) is 1. The van der Waals surface area contributed by atoms with Gasteiger partial charge in [-0.05, 0) is 81.8 Å². The van der Waals surface area contributed by atoms with E-state index >= 15 is 0 Å². The number of carbonyl (C=O) groups excluding carboxylic acids is 2. The molecule has 1 spiro atoms. The van der Waals surface area contributed by atoms with Crippen molar-refractivity contribution < 1.29 is 14.3 Å². The van der Waals surface area contributed by atoms with Crippen molar-refractivity contribution in [1.29, 1.82) is 0 Å². The Morgan fingerprint density at radius 2 is 1.75 bits per heavy atom. The molecule has 1 unspecified atom stereocenters. The molecule has 4 rings (SSSR count). The van der Waals surface area contributed by atoms with Crippen LogP contribution in [-0.4, -0.2) is 55.6 Å². The van der Waals surface area contributed by atoms with Gasteiger partial charge in [-0.25, -0.2) is 0 Å². The molecule has 152 valence electrons. The molecule has 28 heavy (non-hydrogen) atoms. The van der Waals surface area contributed by atoms with E-state index in [2.05, 4.69) is 10.2 Å². The summed E-state index contributed by atoms with van der Waals surface area (Å²) in [5.41, 5.74) is 2.13. The lowest BCUT2D eigenvalue weighted by molar-refractivity contribution is -0.122. The molecule has 6 heteroatoms. The molecular formula is C22H31N3O3. The molecule has 3 aliphatic rings. The topological polar surface area (TPSA) is 61.9 Å². The van der Waals surface area contributed by atoms with Gasteiger partial charge in [0.2, 0.25) is 11.8 Å². The Labute approximate surface area is 167 Å². The van der Waals surface area contributed by atoms with Crippen molar-refractivity contribution in [3.05, 3.63) is 24.3 Å². The van der Waals surface area contributed by atoms with Crippen molar-refractivity contribution in [2.75, 3.05) is 43.1 Å². The average molecular weight is 386 g/mol. The van der Waals surface area contributed by atoms with Crippen LogP contribution < -0.4 is 10.2 Å². The van der Waals surface area contributed by atoms with Crippen molar-refractivity contribution in [1.82, 2.24) is 4.90 Å². The quantitative estimate of drug-likeness (QED) is 0.865. The van der Waals surface area contributed by atoms with Gasteiger partial charge in [0.15, 0.2) is 0 Å². The van der Waals surface area contributed by atoms with E-state index in [1.165, 1.54) is 0 Å². The van der Waals surface area contributed by atoms with Crippen LogP contribution in [0.4, 0.5) is 11.4 Å². The van der Waals surface area contributed by atoms with Crippen molar-refractivity contribution >= 4 is 23.2 Å². The number of benzene rings is 1. The Balaban J connectivity index is 1.30. The van der Waals surface area contributed by atoms with E-state index in [9.17, 15) is 9.59 Å². The Kier molecular flexibility index (Phi) is 5.69. The summed E-state index contributed by atoms with van der Waals surface area (Å²) in [4.78, 5) is 28.7. The van der Waals surface area contributed by atoms with E-state index in [1.54, 1.807) is 0 Å². The fraction of sp³-hybridized carbons (Fsp3) is 0.636. The third-order valence-electron chi connectivity index (χ3n) is 6.86. The summed E-state index contributed by atoms with van der Waals surface area (Å²) in [5.74, 6) is 0.214. The van der Waals surface area contributed by atoms with Gasteiger partial charge in [0.1, 0.15) is 0 Å². The molecule has 1 atom stereocenters. The van der Waals surface area contributed by atoms with Crippen molar-refractivity contribution in [3.63, 3.8) is 0 Å². The molecule has 3 aliphatic heterocycles. The molecule has 0 aromatic heterocycles. The minimum Gasteiger partial charge on any atom is -0.381 e. The lowest BCUT2D eigenvalue weighted by Crippen LogP contribution is -2.49. The Morgan fingerprint density at radius 3 is 2.36 bits per heavy atom. The Bertz CT molecular complexity index is 702. The van der Waals surface area contributed by atoms with Gasteiger partial charge < -0.3 is 15.0 Å². The minimum absolute atomic E-state index is 0.0351. The summed E-state index contributed by atoms with van der Waals surface area (Å²) in [6, 6.07) is 7.47. The number of hydrogen-bond acceptors (Lipinski definition) is 4. The molecule has 3 saturated heterocycles. The van der Waals surface area contributed by atoms with E-state index in [0.717, 1.165) is 76.3 Å². The zero-order chi connectivity index (χ0) is 19.6. The summed E-state index contributed by atoms with van der Waals surface area (Å²) in [6.07, 6.45) is 6.18. The van der Waals surface area contributed by atoms with Gasteiger partial charge in [0.05, 0.1) is 6.04 Å². The fourth-order valence-corrected chi connectivity index (χ4v) is 4.75. The normalized spacial score (nSPS) is 23.8. The number of piperidine rings is 1. The largest absolute Gasteiger partial charge is 0.381 e. The summed E-state index contributed by atoms with van der Waals surface area (Å²) in [6.45, 7) is 6.50. The molecule has 0 bridgehead atoms. The zero-order valence-corrected chi connectivity index (χ0v) is 16.8. The molecule has 1 N–H and O–H groups in total. The van der Waals surface area contributed by atoms with Gasteiger partial charge in [-0.1, -0.05) is 0 Å². The number of ether oxygens (including phenoxy) is 1. The second-order valence-electron chi connectivity index (χ2n) is 8.51. The van der Waals surface area contributed by atoms with Gasteiger partial charge in [0, 0.05) is 37.6 Å². The van der Waals surface area contributed by atoms with E-state index < -0.39 is 0 Å². The van der Waals surface area contributed by atoms with E-state index in [4.69, 9.17) is 4.74 Å². The Hall–Kier alpha value is -1.92. The number of hydrogen-bond donors (Lipinski definition) is 1.